The van der Waals surface area contributed by atoms with E-state index in [1.165, 1.54) is 22.8 Å². The van der Waals surface area contributed by atoms with Gasteiger partial charge in [0.1, 0.15) is 0 Å². The molecule has 0 amide bonds. The molecular weight excluding hydrogens is 248 g/mol. The van der Waals surface area contributed by atoms with Gasteiger partial charge in [0.25, 0.3) is 5.69 Å². The number of nitro groups is 1. The van der Waals surface area contributed by atoms with E-state index < -0.39 is 4.92 Å². The standard InChI is InChI=1S/C8H3ClN6O2/c9-4-1-5-8(6(2-4)15(16)17)14-7(3-10-5)11-12-13-14/h1-3H. The van der Waals surface area contributed by atoms with E-state index in [0.29, 0.717) is 11.2 Å². The van der Waals surface area contributed by atoms with E-state index in [0.717, 1.165) is 0 Å². The maximum absolute atomic E-state index is 11.0. The number of fused-ring (bicyclic) bond motifs is 3. The molecule has 2 heterocycles. The Kier molecular flexibility index (Phi) is 1.92. The number of hydrogen-bond donors (Lipinski definition) is 0. The number of rotatable bonds is 1. The topological polar surface area (TPSA) is 99.1 Å². The van der Waals surface area contributed by atoms with E-state index in [1.54, 1.807) is 0 Å². The van der Waals surface area contributed by atoms with Crippen LogP contribution in [-0.4, -0.2) is 29.9 Å². The Labute approximate surface area is 98.0 Å². The van der Waals surface area contributed by atoms with Crippen molar-refractivity contribution >= 4 is 34.0 Å². The Morgan fingerprint density at radius 2 is 2.24 bits per heavy atom. The number of hydrogen-bond acceptors (Lipinski definition) is 6. The van der Waals surface area contributed by atoms with Crippen LogP contribution in [-0.2, 0) is 0 Å². The highest BCUT2D eigenvalue weighted by molar-refractivity contribution is 6.31. The van der Waals surface area contributed by atoms with Crippen LogP contribution in [0.4, 0.5) is 5.69 Å². The van der Waals surface area contributed by atoms with E-state index >= 15 is 0 Å². The molecule has 0 fully saturated rings. The average molecular weight is 251 g/mol. The summed E-state index contributed by atoms with van der Waals surface area (Å²) in [5.41, 5.74) is 0.742. The second kappa shape index (κ2) is 3.32. The molecule has 84 valence electrons. The fourth-order valence-electron chi connectivity index (χ4n) is 1.59. The maximum Gasteiger partial charge on any atom is 0.298 e. The summed E-state index contributed by atoms with van der Waals surface area (Å²) in [6, 6.07) is 2.76. The quantitative estimate of drug-likeness (QED) is 0.476. The highest BCUT2D eigenvalue weighted by atomic mass is 35.5. The first-order valence-electron chi connectivity index (χ1n) is 4.47. The highest BCUT2D eigenvalue weighted by Crippen LogP contribution is 2.28. The number of nitro benzene ring substituents is 1. The van der Waals surface area contributed by atoms with Crippen LogP contribution < -0.4 is 0 Å². The van der Waals surface area contributed by atoms with Gasteiger partial charge in [0.15, 0.2) is 11.2 Å². The van der Waals surface area contributed by atoms with Gasteiger partial charge in [-0.2, -0.15) is 4.52 Å². The monoisotopic (exact) mass is 250 g/mol. The lowest BCUT2D eigenvalue weighted by Crippen LogP contribution is -1.98. The van der Waals surface area contributed by atoms with Crippen LogP contribution >= 0.6 is 11.6 Å². The van der Waals surface area contributed by atoms with Gasteiger partial charge in [0.2, 0.25) is 0 Å². The normalized spacial score (nSPS) is 11.1. The average Bonchev–Trinajstić information content (AvgIpc) is 2.75. The summed E-state index contributed by atoms with van der Waals surface area (Å²) in [7, 11) is 0. The Morgan fingerprint density at radius 3 is 3.00 bits per heavy atom. The lowest BCUT2D eigenvalue weighted by Gasteiger charge is -2.01. The van der Waals surface area contributed by atoms with Gasteiger partial charge in [-0.25, -0.2) is 0 Å². The molecule has 0 aliphatic heterocycles. The molecule has 0 saturated heterocycles. The van der Waals surface area contributed by atoms with Gasteiger partial charge in [0.05, 0.1) is 16.6 Å². The largest absolute Gasteiger partial charge is 0.298 e. The number of benzene rings is 1. The summed E-state index contributed by atoms with van der Waals surface area (Å²) in [6.07, 6.45) is 1.42. The van der Waals surface area contributed by atoms with Crippen molar-refractivity contribution in [3.63, 3.8) is 0 Å². The van der Waals surface area contributed by atoms with Crippen LogP contribution in [0.3, 0.4) is 0 Å². The number of non-ortho nitro benzene ring substituents is 1. The Morgan fingerprint density at radius 1 is 1.41 bits per heavy atom. The summed E-state index contributed by atoms with van der Waals surface area (Å²) in [5, 5.41) is 22.0. The minimum atomic E-state index is -0.545. The van der Waals surface area contributed by atoms with Gasteiger partial charge in [-0.05, 0) is 16.5 Å². The Balaban J connectivity index is 2.59. The molecule has 0 atom stereocenters. The van der Waals surface area contributed by atoms with Crippen molar-refractivity contribution in [1.82, 2.24) is 25.0 Å². The van der Waals surface area contributed by atoms with Crippen LogP contribution in [0.5, 0.6) is 0 Å². The van der Waals surface area contributed by atoms with Crippen molar-refractivity contribution in [2.45, 2.75) is 0 Å². The molecule has 0 radical (unpaired) electrons. The molecule has 8 nitrogen and oxygen atoms in total. The van der Waals surface area contributed by atoms with Crippen LogP contribution in [0.15, 0.2) is 18.3 Å². The third kappa shape index (κ3) is 1.38. The smallest absolute Gasteiger partial charge is 0.258 e. The van der Waals surface area contributed by atoms with E-state index in [1.807, 2.05) is 0 Å². The molecule has 0 spiro atoms. The molecule has 0 bridgehead atoms. The van der Waals surface area contributed by atoms with Gasteiger partial charge in [-0.3, -0.25) is 15.1 Å². The predicted octanol–water partition coefficient (Wildman–Crippen LogP) is 1.23. The predicted molar refractivity (Wildman–Crippen MR) is 57.7 cm³/mol. The SMILES string of the molecule is O=[N+]([O-])c1cc(Cl)cc2ncc3nnnn3c12. The molecule has 9 heteroatoms. The first kappa shape index (κ1) is 9.85. The van der Waals surface area contributed by atoms with Gasteiger partial charge in [-0.1, -0.05) is 11.6 Å². The van der Waals surface area contributed by atoms with E-state index in [2.05, 4.69) is 20.5 Å². The third-order valence-corrected chi connectivity index (χ3v) is 2.47. The summed E-state index contributed by atoms with van der Waals surface area (Å²) < 4.78 is 1.26. The molecule has 0 N–H and O–H groups in total. The molecule has 0 aliphatic rings. The zero-order valence-corrected chi connectivity index (χ0v) is 8.87. The zero-order valence-electron chi connectivity index (χ0n) is 8.11. The fourth-order valence-corrected chi connectivity index (χ4v) is 1.79. The van der Waals surface area contributed by atoms with Crippen molar-refractivity contribution < 1.29 is 4.92 Å². The first-order chi connectivity index (χ1) is 8.16. The molecule has 17 heavy (non-hydrogen) atoms. The van der Waals surface area contributed by atoms with Crippen molar-refractivity contribution in [2.75, 3.05) is 0 Å². The number of tetrazole rings is 1. The van der Waals surface area contributed by atoms with Crippen LogP contribution in [0.25, 0.3) is 16.7 Å². The van der Waals surface area contributed by atoms with Crippen LogP contribution in [0.1, 0.15) is 0 Å². The molecule has 3 rings (SSSR count). The lowest BCUT2D eigenvalue weighted by atomic mass is 10.2. The molecule has 2 aromatic heterocycles. The van der Waals surface area contributed by atoms with Crippen molar-refractivity contribution in [1.29, 1.82) is 0 Å². The minimum Gasteiger partial charge on any atom is -0.258 e. The van der Waals surface area contributed by atoms with Crippen molar-refractivity contribution in [3.8, 4) is 0 Å². The second-order valence-electron chi connectivity index (χ2n) is 3.26. The van der Waals surface area contributed by atoms with Crippen molar-refractivity contribution in [2.24, 2.45) is 0 Å². The van der Waals surface area contributed by atoms with Gasteiger partial charge < -0.3 is 0 Å². The van der Waals surface area contributed by atoms with Crippen LogP contribution in [0, 0.1) is 10.1 Å². The molecule has 0 aliphatic carbocycles. The molecule has 0 unspecified atom stereocenters. The number of aromatic nitrogens is 5. The van der Waals surface area contributed by atoms with E-state index in [-0.39, 0.29) is 16.2 Å². The molecular formula is C8H3ClN6O2. The highest BCUT2D eigenvalue weighted by Gasteiger charge is 2.18. The Bertz CT molecular complexity index is 754. The van der Waals surface area contributed by atoms with E-state index in [9.17, 15) is 10.1 Å². The van der Waals surface area contributed by atoms with Crippen molar-refractivity contribution in [3.05, 3.63) is 33.5 Å². The number of nitrogens with zero attached hydrogens (tertiary/aromatic N) is 6. The number of halogens is 1. The summed E-state index contributed by atoms with van der Waals surface area (Å²) in [6.45, 7) is 0. The third-order valence-electron chi connectivity index (χ3n) is 2.26. The summed E-state index contributed by atoms with van der Waals surface area (Å²) >= 11 is 5.79. The van der Waals surface area contributed by atoms with Gasteiger partial charge in [0, 0.05) is 11.1 Å². The lowest BCUT2D eigenvalue weighted by molar-refractivity contribution is -0.383. The molecule has 1 aromatic carbocycles. The molecule has 3 aromatic rings. The zero-order chi connectivity index (χ0) is 12.0. The maximum atomic E-state index is 11.0. The van der Waals surface area contributed by atoms with Gasteiger partial charge >= 0.3 is 0 Å². The first-order valence-corrected chi connectivity index (χ1v) is 4.85. The summed E-state index contributed by atoms with van der Waals surface area (Å²) in [5.74, 6) is 0. The summed E-state index contributed by atoms with van der Waals surface area (Å²) in [4.78, 5) is 14.5. The second-order valence-corrected chi connectivity index (χ2v) is 3.69. The van der Waals surface area contributed by atoms with Gasteiger partial charge in [-0.15, -0.1) is 5.10 Å². The van der Waals surface area contributed by atoms with E-state index in [4.69, 9.17) is 11.6 Å². The van der Waals surface area contributed by atoms with Crippen LogP contribution in [0.2, 0.25) is 5.02 Å². The Hall–Kier alpha value is -2.35. The fraction of sp³-hybridized carbons (Fsp3) is 0. The minimum absolute atomic E-state index is 0.182. The molecule has 0 saturated carbocycles.